The summed E-state index contributed by atoms with van der Waals surface area (Å²) in [7, 11) is 0. The number of amides is 1. The lowest BCUT2D eigenvalue weighted by atomic mass is 9.98. The van der Waals surface area contributed by atoms with E-state index in [0.717, 1.165) is 24.8 Å². The van der Waals surface area contributed by atoms with Gasteiger partial charge in [-0.25, -0.2) is 0 Å². The van der Waals surface area contributed by atoms with Crippen LogP contribution in [0.5, 0.6) is 0 Å². The van der Waals surface area contributed by atoms with Crippen LogP contribution < -0.4 is 0 Å². The minimum Gasteiger partial charge on any atom is -0.434 e. The van der Waals surface area contributed by atoms with Gasteiger partial charge in [-0.2, -0.15) is 0 Å². The number of benzene rings is 1. The molecule has 0 aromatic heterocycles. The Kier molecular flexibility index (Phi) is 3.24. The number of fused-ring (bicyclic) bond motifs is 2. The van der Waals surface area contributed by atoms with E-state index in [-0.39, 0.29) is 11.9 Å². The molecule has 4 nitrogen and oxygen atoms in total. The number of nitrogens with zero attached hydrogens (tertiary/aromatic N) is 1. The molecule has 4 heteroatoms. The van der Waals surface area contributed by atoms with E-state index in [9.17, 15) is 9.59 Å². The average Bonchev–Trinajstić information content (AvgIpc) is 2.95. The van der Waals surface area contributed by atoms with Crippen LogP contribution in [-0.4, -0.2) is 23.3 Å². The molecule has 1 amide bonds. The molecule has 1 atom stereocenters. The lowest BCUT2D eigenvalue weighted by molar-refractivity contribution is -0.162. The third kappa shape index (κ3) is 1.82. The highest BCUT2D eigenvalue weighted by Gasteiger charge is 2.55. The summed E-state index contributed by atoms with van der Waals surface area (Å²) < 4.78 is 5.62. The third-order valence-corrected chi connectivity index (χ3v) is 4.20. The van der Waals surface area contributed by atoms with Crippen molar-refractivity contribution in [2.24, 2.45) is 0 Å². The van der Waals surface area contributed by atoms with Crippen LogP contribution in [0, 0.1) is 0 Å². The maximum absolute atomic E-state index is 12.6. The first-order chi connectivity index (χ1) is 9.69. The van der Waals surface area contributed by atoms with Crippen molar-refractivity contribution in [1.82, 2.24) is 4.90 Å². The topological polar surface area (TPSA) is 46.6 Å². The molecule has 1 aromatic rings. The molecule has 1 fully saturated rings. The summed E-state index contributed by atoms with van der Waals surface area (Å²) >= 11 is 0. The Morgan fingerprint density at radius 2 is 2.05 bits per heavy atom. The smallest absolute Gasteiger partial charge is 0.308 e. The number of ether oxygens (including phenoxy) is 1. The standard InChI is InChI=1S/C16H19NO3/c1-2-3-6-11-17-15(19)12-7-4-5-8-13(12)16(17)10-9-14(18)20-16/h4-5,7-8H,2-3,6,9-11H2,1H3. The Bertz CT molecular complexity index is 554. The Labute approximate surface area is 118 Å². The van der Waals surface area contributed by atoms with Gasteiger partial charge in [0.2, 0.25) is 5.72 Å². The lowest BCUT2D eigenvalue weighted by Crippen LogP contribution is -2.44. The number of hydrogen-bond donors (Lipinski definition) is 0. The average molecular weight is 273 g/mol. The summed E-state index contributed by atoms with van der Waals surface area (Å²) in [6, 6.07) is 7.49. The van der Waals surface area contributed by atoms with Crippen LogP contribution in [0.1, 0.15) is 54.9 Å². The molecular formula is C16H19NO3. The SMILES string of the molecule is CCCCCN1C(=O)c2ccccc2C12CCC(=O)O2. The van der Waals surface area contributed by atoms with E-state index in [2.05, 4.69) is 6.92 Å². The summed E-state index contributed by atoms with van der Waals surface area (Å²) in [4.78, 5) is 26.0. The second-order valence-electron chi connectivity index (χ2n) is 5.47. The highest BCUT2D eigenvalue weighted by atomic mass is 16.6. The second-order valence-corrected chi connectivity index (χ2v) is 5.47. The van der Waals surface area contributed by atoms with Crippen molar-refractivity contribution < 1.29 is 14.3 Å². The Hall–Kier alpha value is -1.84. The van der Waals surface area contributed by atoms with Gasteiger partial charge in [0.1, 0.15) is 0 Å². The van der Waals surface area contributed by atoms with Gasteiger partial charge in [0, 0.05) is 24.1 Å². The zero-order valence-electron chi connectivity index (χ0n) is 11.7. The minimum atomic E-state index is -0.835. The first kappa shape index (κ1) is 13.2. The van der Waals surface area contributed by atoms with Crippen LogP contribution in [0.4, 0.5) is 0 Å². The van der Waals surface area contributed by atoms with Crippen LogP contribution >= 0.6 is 0 Å². The molecule has 1 spiro atoms. The van der Waals surface area contributed by atoms with E-state index in [1.807, 2.05) is 24.3 Å². The number of carbonyl (C=O) groups is 2. The summed E-state index contributed by atoms with van der Waals surface area (Å²) in [6.07, 6.45) is 4.06. The zero-order valence-corrected chi connectivity index (χ0v) is 11.7. The number of unbranched alkanes of at least 4 members (excludes halogenated alkanes) is 2. The van der Waals surface area contributed by atoms with Crippen molar-refractivity contribution in [3.63, 3.8) is 0 Å². The summed E-state index contributed by atoms with van der Waals surface area (Å²) in [5, 5.41) is 0. The van der Waals surface area contributed by atoms with E-state index in [0.29, 0.717) is 24.9 Å². The van der Waals surface area contributed by atoms with Crippen molar-refractivity contribution in [2.45, 2.75) is 44.8 Å². The van der Waals surface area contributed by atoms with Gasteiger partial charge >= 0.3 is 5.97 Å². The van der Waals surface area contributed by atoms with E-state index >= 15 is 0 Å². The molecular weight excluding hydrogens is 254 g/mol. The molecule has 2 heterocycles. The first-order valence-electron chi connectivity index (χ1n) is 7.32. The molecule has 0 radical (unpaired) electrons. The molecule has 0 N–H and O–H groups in total. The monoisotopic (exact) mass is 273 g/mol. The number of esters is 1. The minimum absolute atomic E-state index is 0.00796. The van der Waals surface area contributed by atoms with Gasteiger partial charge < -0.3 is 4.74 Å². The van der Waals surface area contributed by atoms with Crippen LogP contribution in [-0.2, 0) is 15.3 Å². The maximum Gasteiger partial charge on any atom is 0.308 e. The van der Waals surface area contributed by atoms with Gasteiger partial charge in [0.05, 0.1) is 6.42 Å². The molecule has 2 aliphatic heterocycles. The fraction of sp³-hybridized carbons (Fsp3) is 0.500. The maximum atomic E-state index is 12.6. The summed E-state index contributed by atoms with van der Waals surface area (Å²) in [6.45, 7) is 2.78. The normalized spacial score (nSPS) is 24.4. The predicted octanol–water partition coefficient (Wildman–Crippen LogP) is 2.82. The van der Waals surface area contributed by atoms with Gasteiger partial charge in [-0.1, -0.05) is 38.0 Å². The molecule has 1 unspecified atom stereocenters. The van der Waals surface area contributed by atoms with E-state index in [1.165, 1.54) is 0 Å². The number of rotatable bonds is 4. The van der Waals surface area contributed by atoms with Gasteiger partial charge in [-0.05, 0) is 12.5 Å². The Balaban J connectivity index is 1.97. The second kappa shape index (κ2) is 4.93. The number of hydrogen-bond acceptors (Lipinski definition) is 3. The summed E-state index contributed by atoms with van der Waals surface area (Å²) in [5.74, 6) is -0.221. The largest absolute Gasteiger partial charge is 0.434 e. The van der Waals surface area contributed by atoms with Gasteiger partial charge in [-0.15, -0.1) is 0 Å². The van der Waals surface area contributed by atoms with Crippen molar-refractivity contribution in [2.75, 3.05) is 6.54 Å². The predicted molar refractivity (Wildman–Crippen MR) is 74.0 cm³/mol. The molecule has 0 bridgehead atoms. The Morgan fingerprint density at radius 1 is 1.25 bits per heavy atom. The highest BCUT2D eigenvalue weighted by molar-refractivity contribution is 6.00. The lowest BCUT2D eigenvalue weighted by Gasteiger charge is -2.34. The third-order valence-electron chi connectivity index (χ3n) is 4.20. The van der Waals surface area contributed by atoms with E-state index in [4.69, 9.17) is 4.74 Å². The van der Waals surface area contributed by atoms with Crippen LogP contribution in [0.3, 0.4) is 0 Å². The van der Waals surface area contributed by atoms with Crippen LogP contribution in [0.25, 0.3) is 0 Å². The first-order valence-corrected chi connectivity index (χ1v) is 7.32. The molecule has 0 saturated carbocycles. The number of carbonyl (C=O) groups excluding carboxylic acids is 2. The molecule has 3 rings (SSSR count). The molecule has 1 saturated heterocycles. The summed E-state index contributed by atoms with van der Waals surface area (Å²) in [5.41, 5.74) is 0.699. The van der Waals surface area contributed by atoms with Crippen molar-refractivity contribution in [3.8, 4) is 0 Å². The van der Waals surface area contributed by atoms with Crippen molar-refractivity contribution >= 4 is 11.9 Å². The van der Waals surface area contributed by atoms with E-state index < -0.39 is 5.72 Å². The molecule has 106 valence electrons. The Morgan fingerprint density at radius 3 is 2.75 bits per heavy atom. The molecule has 20 heavy (non-hydrogen) atoms. The quantitative estimate of drug-likeness (QED) is 0.626. The van der Waals surface area contributed by atoms with Gasteiger partial charge in [-0.3, -0.25) is 14.5 Å². The van der Waals surface area contributed by atoms with Crippen LogP contribution in [0.15, 0.2) is 24.3 Å². The van der Waals surface area contributed by atoms with Crippen molar-refractivity contribution in [1.29, 1.82) is 0 Å². The fourth-order valence-electron chi connectivity index (χ4n) is 3.21. The highest BCUT2D eigenvalue weighted by Crippen LogP contribution is 2.47. The van der Waals surface area contributed by atoms with Gasteiger partial charge in [0.25, 0.3) is 5.91 Å². The van der Waals surface area contributed by atoms with Crippen molar-refractivity contribution in [3.05, 3.63) is 35.4 Å². The van der Waals surface area contributed by atoms with Crippen LogP contribution in [0.2, 0.25) is 0 Å². The molecule has 0 aliphatic carbocycles. The zero-order chi connectivity index (χ0) is 14.2. The van der Waals surface area contributed by atoms with Gasteiger partial charge in [0.15, 0.2) is 0 Å². The fourth-order valence-corrected chi connectivity index (χ4v) is 3.21. The molecule has 2 aliphatic rings. The molecule has 1 aromatic carbocycles. The van der Waals surface area contributed by atoms with E-state index in [1.54, 1.807) is 4.90 Å².